The summed E-state index contributed by atoms with van der Waals surface area (Å²) < 4.78 is 18.3. The summed E-state index contributed by atoms with van der Waals surface area (Å²) in [5, 5.41) is 6.18. The van der Waals surface area contributed by atoms with E-state index < -0.39 is 11.1 Å². The molecule has 5 rings (SSSR count). The molecule has 1 unspecified atom stereocenters. The van der Waals surface area contributed by atoms with Gasteiger partial charge in [-0.05, 0) is 69.7 Å². The quantitative estimate of drug-likeness (QED) is 0.0193. The number of fused-ring (bicyclic) bond motifs is 2. The van der Waals surface area contributed by atoms with Gasteiger partial charge in [-0.2, -0.15) is 9.97 Å². The number of unbranched alkanes of at least 4 members (excludes halogenated alkanes) is 8. The molecule has 0 spiro atoms. The summed E-state index contributed by atoms with van der Waals surface area (Å²) in [6.45, 7) is 4.73. The Kier molecular flexibility index (Phi) is 19.9. The van der Waals surface area contributed by atoms with Gasteiger partial charge in [0.2, 0.25) is 11.9 Å². The van der Waals surface area contributed by atoms with Crippen molar-refractivity contribution in [2.24, 2.45) is 0 Å². The third-order valence-electron chi connectivity index (χ3n) is 10.5. The number of benzene rings is 1. The van der Waals surface area contributed by atoms with Gasteiger partial charge in [-0.1, -0.05) is 57.6 Å². The molecule has 350 valence electrons. The minimum atomic E-state index is -0.464. The zero-order chi connectivity index (χ0) is 46.4. The van der Waals surface area contributed by atoms with Crippen molar-refractivity contribution in [3.05, 3.63) is 80.9 Å². The lowest BCUT2D eigenvalue weighted by atomic mass is 10.1. The molecule has 0 saturated carbocycles. The highest BCUT2D eigenvalue weighted by Gasteiger charge is 2.17. The number of carbonyl (C=O) groups is 3. The number of anilines is 3. The highest BCUT2D eigenvalue weighted by atomic mass is 16.6. The summed E-state index contributed by atoms with van der Waals surface area (Å²) in [6, 6.07) is 6.72. The van der Waals surface area contributed by atoms with Crippen molar-refractivity contribution in [3.8, 4) is 0 Å². The van der Waals surface area contributed by atoms with Crippen molar-refractivity contribution >= 4 is 57.8 Å². The fraction of sp³-hybridized carbons (Fsp3) is 0.511. The van der Waals surface area contributed by atoms with Gasteiger partial charge in [-0.3, -0.25) is 38.5 Å². The van der Waals surface area contributed by atoms with Crippen LogP contribution in [0, 0.1) is 0 Å². The van der Waals surface area contributed by atoms with Gasteiger partial charge in [0.1, 0.15) is 19.4 Å². The molecule has 5 aromatic rings. The first-order chi connectivity index (χ1) is 31.5. The Hall–Kier alpha value is -6.70. The number of esters is 2. The molecule has 0 aliphatic carbocycles. The van der Waals surface area contributed by atoms with Crippen LogP contribution >= 0.6 is 0 Å². The second-order valence-corrected chi connectivity index (χ2v) is 15.9. The standard InChI is InChI=1S/C45H62N12O8/c1-3-4-5-12-15-34(16-13-10-8-6-7-9-11-14-17-35(58)64-25-24-63-29-57-28-50-38-40(57)54-45(47)56-43(38)62)65-36(59)23-18-30(2)51-41(60)31-19-21-32(22-20-31)48-26-33-27-49-39-37(52-33)42(61)55-44(46)53-39/h10,13,19-22,27-28,30,34,48H,3-9,11-12,14-18,23-26,29H2,1-2H3,(H,51,60)(H3,47,54,56,62)(H3,46,49,53,55,61)/b13-10-/t30?,34-/m1/s1. The summed E-state index contributed by atoms with van der Waals surface area (Å²) in [4.78, 5) is 87.4. The van der Waals surface area contributed by atoms with E-state index in [1.807, 2.05) is 6.92 Å². The van der Waals surface area contributed by atoms with Crippen molar-refractivity contribution < 1.29 is 28.6 Å². The zero-order valence-corrected chi connectivity index (χ0v) is 37.3. The van der Waals surface area contributed by atoms with E-state index in [1.165, 1.54) is 12.5 Å². The van der Waals surface area contributed by atoms with Crippen molar-refractivity contribution in [2.75, 3.05) is 30.0 Å². The molecule has 0 bridgehead atoms. The summed E-state index contributed by atoms with van der Waals surface area (Å²) >= 11 is 0. The first-order valence-corrected chi connectivity index (χ1v) is 22.4. The van der Waals surface area contributed by atoms with Crippen LogP contribution < -0.4 is 33.2 Å². The number of aromatic nitrogens is 8. The van der Waals surface area contributed by atoms with E-state index in [-0.39, 0.29) is 84.9 Å². The van der Waals surface area contributed by atoms with Crippen molar-refractivity contribution in [1.29, 1.82) is 0 Å². The molecule has 0 fully saturated rings. The molecule has 0 aliphatic heterocycles. The number of carbonyl (C=O) groups excluding carboxylic acids is 3. The molecule has 0 radical (unpaired) electrons. The van der Waals surface area contributed by atoms with E-state index in [1.54, 1.807) is 28.8 Å². The predicted molar refractivity (Wildman–Crippen MR) is 246 cm³/mol. The number of ether oxygens (including phenoxy) is 3. The van der Waals surface area contributed by atoms with Gasteiger partial charge in [0.05, 0.1) is 31.4 Å². The maximum absolute atomic E-state index is 13.0. The Labute approximate surface area is 376 Å². The number of aromatic amines is 2. The molecule has 20 nitrogen and oxygen atoms in total. The SMILES string of the molecule is CCCCCC[C@H](C/C=C\CCCCCCCC(=O)OCCOCn1cnc2c(=O)[nH]c(N)nc21)OC(=O)CCC(C)NC(=O)c1ccc(NCc2cnc3nc(N)[nH]c(=O)c3n2)cc1. The lowest BCUT2D eigenvalue weighted by Crippen LogP contribution is -2.33. The van der Waals surface area contributed by atoms with E-state index in [0.717, 1.165) is 76.3 Å². The van der Waals surface area contributed by atoms with Crippen LogP contribution in [0.2, 0.25) is 0 Å². The number of hydrogen-bond donors (Lipinski definition) is 6. The largest absolute Gasteiger partial charge is 0.463 e. The molecule has 0 aliphatic rings. The Bertz CT molecular complexity index is 2450. The summed E-state index contributed by atoms with van der Waals surface area (Å²) in [5.74, 6) is -0.806. The fourth-order valence-electron chi connectivity index (χ4n) is 6.91. The molecule has 4 heterocycles. The minimum Gasteiger partial charge on any atom is -0.463 e. The van der Waals surface area contributed by atoms with E-state index in [2.05, 4.69) is 64.6 Å². The average molecular weight is 899 g/mol. The monoisotopic (exact) mass is 898 g/mol. The highest BCUT2D eigenvalue weighted by molar-refractivity contribution is 5.94. The van der Waals surface area contributed by atoms with Crippen molar-refractivity contribution in [3.63, 3.8) is 0 Å². The number of nitrogen functional groups attached to an aromatic ring is 2. The molecule has 4 aromatic heterocycles. The number of amides is 1. The lowest BCUT2D eigenvalue weighted by molar-refractivity contribution is -0.149. The van der Waals surface area contributed by atoms with Crippen LogP contribution in [0.4, 0.5) is 17.6 Å². The van der Waals surface area contributed by atoms with Crippen molar-refractivity contribution in [2.45, 2.75) is 136 Å². The Morgan fingerprint density at radius 3 is 2.35 bits per heavy atom. The Balaban J connectivity index is 0.904. The first kappa shape index (κ1) is 49.3. The van der Waals surface area contributed by atoms with Crippen LogP contribution in [0.1, 0.15) is 126 Å². The topological polar surface area (TPSA) is 290 Å². The van der Waals surface area contributed by atoms with Crippen LogP contribution in [0.3, 0.4) is 0 Å². The Morgan fingerprint density at radius 2 is 1.55 bits per heavy atom. The first-order valence-electron chi connectivity index (χ1n) is 22.4. The predicted octanol–water partition coefficient (Wildman–Crippen LogP) is 5.60. The number of hydrogen-bond acceptors (Lipinski definition) is 16. The van der Waals surface area contributed by atoms with Gasteiger partial charge in [0.15, 0.2) is 22.3 Å². The number of allylic oxidation sites excluding steroid dienone is 1. The molecule has 1 aromatic carbocycles. The molecular formula is C45H62N12O8. The maximum atomic E-state index is 13.0. The van der Waals surface area contributed by atoms with Crippen LogP contribution in [0.15, 0.2) is 58.5 Å². The van der Waals surface area contributed by atoms with E-state index in [0.29, 0.717) is 42.7 Å². The number of nitrogens with zero attached hydrogens (tertiary/aromatic N) is 6. The Morgan fingerprint density at radius 1 is 0.815 bits per heavy atom. The lowest BCUT2D eigenvalue weighted by Gasteiger charge is -2.18. The van der Waals surface area contributed by atoms with Gasteiger partial charge < -0.3 is 36.3 Å². The third-order valence-corrected chi connectivity index (χ3v) is 10.5. The van der Waals surface area contributed by atoms with Crippen LogP contribution in [-0.2, 0) is 37.1 Å². The highest BCUT2D eigenvalue weighted by Crippen LogP contribution is 2.16. The third kappa shape index (κ3) is 16.7. The minimum absolute atomic E-state index is 0.00814. The second-order valence-electron chi connectivity index (χ2n) is 15.9. The number of rotatable bonds is 29. The second kappa shape index (κ2) is 26.2. The summed E-state index contributed by atoms with van der Waals surface area (Å²) in [7, 11) is 0. The zero-order valence-electron chi connectivity index (χ0n) is 37.3. The summed E-state index contributed by atoms with van der Waals surface area (Å²) in [5.41, 5.74) is 12.8. The normalized spacial score (nSPS) is 12.4. The van der Waals surface area contributed by atoms with Gasteiger partial charge in [0.25, 0.3) is 17.0 Å². The number of nitrogens with two attached hydrogens (primary N) is 2. The van der Waals surface area contributed by atoms with Gasteiger partial charge >= 0.3 is 11.9 Å². The van der Waals surface area contributed by atoms with Crippen LogP contribution in [0.5, 0.6) is 0 Å². The van der Waals surface area contributed by atoms with Crippen LogP contribution in [0.25, 0.3) is 22.3 Å². The number of H-pyrrole nitrogens is 2. The average Bonchev–Trinajstić information content (AvgIpc) is 3.69. The van der Waals surface area contributed by atoms with Crippen molar-refractivity contribution in [1.82, 2.24) is 44.8 Å². The molecule has 2 atom stereocenters. The van der Waals surface area contributed by atoms with E-state index >= 15 is 0 Å². The maximum Gasteiger partial charge on any atom is 0.306 e. The molecule has 1 amide bonds. The van der Waals surface area contributed by atoms with Gasteiger partial charge in [0, 0.05) is 36.6 Å². The molecule has 20 heteroatoms. The number of imidazole rings is 1. The molecule has 0 saturated heterocycles. The van der Waals surface area contributed by atoms with Gasteiger partial charge in [-0.25, -0.2) is 15.0 Å². The molecule has 65 heavy (non-hydrogen) atoms. The summed E-state index contributed by atoms with van der Waals surface area (Å²) in [6.07, 6.45) is 19.6. The smallest absolute Gasteiger partial charge is 0.306 e. The van der Waals surface area contributed by atoms with Crippen LogP contribution in [-0.4, -0.2) is 82.7 Å². The van der Waals surface area contributed by atoms with Gasteiger partial charge in [-0.15, -0.1) is 0 Å². The molecular weight excluding hydrogens is 837 g/mol. The molecule has 8 N–H and O–H groups in total. The fourth-order valence-corrected chi connectivity index (χ4v) is 6.91. The number of nitrogens with one attached hydrogen (secondary N) is 4. The van der Waals surface area contributed by atoms with E-state index in [9.17, 15) is 24.0 Å². The van der Waals surface area contributed by atoms with E-state index in [4.69, 9.17) is 25.7 Å².